The number of benzene rings is 2. The van der Waals surface area contributed by atoms with E-state index in [9.17, 15) is 4.79 Å². The fraction of sp³-hybridized carbons (Fsp3) is 0.0500. The van der Waals surface area contributed by atoms with E-state index >= 15 is 0 Å². The molecule has 2 aromatic carbocycles. The Bertz CT molecular complexity index is 945. The molecular weight excluding hydrogens is 385 g/mol. The zero-order valence-corrected chi connectivity index (χ0v) is 15.6. The van der Waals surface area contributed by atoms with Gasteiger partial charge in [-0.3, -0.25) is 9.78 Å². The second kappa shape index (κ2) is 9.16. The number of aromatic nitrogens is 1. The Kier molecular flexibility index (Phi) is 6.41. The van der Waals surface area contributed by atoms with Crippen molar-refractivity contribution in [3.8, 4) is 5.75 Å². The maximum atomic E-state index is 11.8. The fourth-order valence-corrected chi connectivity index (χ4v) is 2.63. The molecule has 0 radical (unpaired) electrons. The minimum absolute atomic E-state index is 0.305. The molecule has 136 valence electrons. The molecule has 1 amide bonds. The summed E-state index contributed by atoms with van der Waals surface area (Å²) in [6.07, 6.45) is 3.09. The number of nitrogens with zero attached hydrogens (tertiary/aromatic N) is 2. The van der Waals surface area contributed by atoms with E-state index in [1.165, 1.54) is 0 Å². The van der Waals surface area contributed by atoms with Crippen LogP contribution in [0.1, 0.15) is 21.6 Å². The third-order valence-electron chi connectivity index (χ3n) is 3.57. The molecule has 5 nitrogen and oxygen atoms in total. The maximum absolute atomic E-state index is 11.8. The van der Waals surface area contributed by atoms with Gasteiger partial charge < -0.3 is 4.74 Å². The van der Waals surface area contributed by atoms with Crippen LogP contribution in [0.5, 0.6) is 5.75 Å². The van der Waals surface area contributed by atoms with Gasteiger partial charge in [-0.1, -0.05) is 35.3 Å². The topological polar surface area (TPSA) is 63.6 Å². The Hall–Kier alpha value is -2.89. The summed E-state index contributed by atoms with van der Waals surface area (Å²) in [6.45, 7) is 0.337. The lowest BCUT2D eigenvalue weighted by atomic mass is 10.2. The summed E-state index contributed by atoms with van der Waals surface area (Å²) in [7, 11) is 0. The number of rotatable bonds is 6. The molecule has 1 heterocycles. The second-order valence-electron chi connectivity index (χ2n) is 5.51. The first kappa shape index (κ1) is 18.9. The lowest BCUT2D eigenvalue weighted by Crippen LogP contribution is -2.18. The Morgan fingerprint density at radius 2 is 1.93 bits per heavy atom. The number of hydrazone groups is 1. The van der Waals surface area contributed by atoms with E-state index in [0.29, 0.717) is 28.1 Å². The largest absolute Gasteiger partial charge is 0.489 e. The van der Waals surface area contributed by atoms with Crippen LogP contribution in [0.4, 0.5) is 0 Å². The zero-order valence-electron chi connectivity index (χ0n) is 14.1. The predicted molar refractivity (Wildman–Crippen MR) is 107 cm³/mol. The number of hydrogen-bond donors (Lipinski definition) is 1. The number of pyridine rings is 1. The van der Waals surface area contributed by atoms with Crippen molar-refractivity contribution in [2.24, 2.45) is 5.10 Å². The van der Waals surface area contributed by atoms with Gasteiger partial charge in [0, 0.05) is 21.8 Å². The SMILES string of the molecule is O=C(N/N=C\c1ccc(OCc2ccc(Cl)cc2Cl)cc1)c1ccccn1. The van der Waals surface area contributed by atoms with Gasteiger partial charge in [-0.25, -0.2) is 5.43 Å². The Balaban J connectivity index is 1.53. The van der Waals surface area contributed by atoms with Crippen molar-refractivity contribution in [3.63, 3.8) is 0 Å². The van der Waals surface area contributed by atoms with Crippen LogP contribution < -0.4 is 10.2 Å². The van der Waals surface area contributed by atoms with Crippen molar-refractivity contribution in [1.29, 1.82) is 0 Å². The van der Waals surface area contributed by atoms with Gasteiger partial charge >= 0.3 is 0 Å². The Labute approximate surface area is 166 Å². The van der Waals surface area contributed by atoms with E-state index in [4.69, 9.17) is 27.9 Å². The number of amides is 1. The van der Waals surface area contributed by atoms with Gasteiger partial charge in [0.25, 0.3) is 5.91 Å². The minimum atomic E-state index is -0.369. The van der Waals surface area contributed by atoms with Crippen LogP contribution in [0.3, 0.4) is 0 Å². The minimum Gasteiger partial charge on any atom is -0.489 e. The predicted octanol–water partition coefficient (Wildman–Crippen LogP) is 4.73. The van der Waals surface area contributed by atoms with Gasteiger partial charge in [0.05, 0.1) is 6.21 Å². The van der Waals surface area contributed by atoms with E-state index in [1.54, 1.807) is 42.7 Å². The molecule has 0 spiro atoms. The molecule has 1 aromatic heterocycles. The normalized spacial score (nSPS) is 10.7. The molecule has 0 saturated heterocycles. The average Bonchev–Trinajstić information content (AvgIpc) is 2.69. The highest BCUT2D eigenvalue weighted by Crippen LogP contribution is 2.22. The highest BCUT2D eigenvalue weighted by molar-refractivity contribution is 6.35. The molecular formula is C20H15Cl2N3O2. The van der Waals surface area contributed by atoms with E-state index in [0.717, 1.165) is 11.1 Å². The summed E-state index contributed by atoms with van der Waals surface area (Å²) in [5.74, 6) is 0.322. The van der Waals surface area contributed by atoms with Gasteiger partial charge in [-0.2, -0.15) is 5.10 Å². The first-order valence-corrected chi connectivity index (χ1v) is 8.78. The zero-order chi connectivity index (χ0) is 19.1. The average molecular weight is 400 g/mol. The van der Waals surface area contributed by atoms with Crippen molar-refractivity contribution in [2.75, 3.05) is 0 Å². The van der Waals surface area contributed by atoms with E-state index in [2.05, 4.69) is 15.5 Å². The second-order valence-corrected chi connectivity index (χ2v) is 6.35. The number of carbonyl (C=O) groups is 1. The summed E-state index contributed by atoms with van der Waals surface area (Å²) >= 11 is 12.0. The van der Waals surface area contributed by atoms with Crippen LogP contribution in [0.15, 0.2) is 72.0 Å². The van der Waals surface area contributed by atoms with E-state index < -0.39 is 0 Å². The lowest BCUT2D eigenvalue weighted by Gasteiger charge is -2.08. The third kappa shape index (κ3) is 5.54. The molecule has 0 atom stereocenters. The van der Waals surface area contributed by atoms with Crippen LogP contribution >= 0.6 is 23.2 Å². The molecule has 0 saturated carbocycles. The molecule has 0 fully saturated rings. The summed E-state index contributed by atoms with van der Waals surface area (Å²) in [6, 6.07) is 17.7. The molecule has 27 heavy (non-hydrogen) atoms. The quantitative estimate of drug-likeness (QED) is 0.481. The monoisotopic (exact) mass is 399 g/mol. The van der Waals surface area contributed by atoms with Crippen molar-refractivity contribution in [2.45, 2.75) is 6.61 Å². The summed E-state index contributed by atoms with van der Waals surface area (Å²) in [5, 5.41) is 5.08. The third-order valence-corrected chi connectivity index (χ3v) is 4.15. The molecule has 3 aromatic rings. The van der Waals surface area contributed by atoms with Crippen LogP contribution in [0, 0.1) is 0 Å². The van der Waals surface area contributed by atoms with Crippen molar-refractivity contribution >= 4 is 35.3 Å². The smallest absolute Gasteiger partial charge is 0.289 e. The van der Waals surface area contributed by atoms with Gasteiger partial charge in [-0.05, 0) is 54.1 Å². The molecule has 0 aliphatic rings. The molecule has 7 heteroatoms. The van der Waals surface area contributed by atoms with Crippen LogP contribution in [-0.2, 0) is 6.61 Å². The summed E-state index contributed by atoms with van der Waals surface area (Å²) in [5.41, 5.74) is 4.40. The Morgan fingerprint density at radius 1 is 1.11 bits per heavy atom. The molecule has 0 aliphatic heterocycles. The number of hydrogen-bond acceptors (Lipinski definition) is 4. The van der Waals surface area contributed by atoms with Crippen molar-refractivity contribution < 1.29 is 9.53 Å². The highest BCUT2D eigenvalue weighted by atomic mass is 35.5. The van der Waals surface area contributed by atoms with Crippen LogP contribution in [0.25, 0.3) is 0 Å². The molecule has 3 rings (SSSR count). The number of carbonyl (C=O) groups excluding carboxylic acids is 1. The first-order valence-electron chi connectivity index (χ1n) is 8.03. The Morgan fingerprint density at radius 3 is 2.63 bits per heavy atom. The molecule has 0 bridgehead atoms. The maximum Gasteiger partial charge on any atom is 0.289 e. The van der Waals surface area contributed by atoms with Crippen LogP contribution in [0.2, 0.25) is 10.0 Å². The molecule has 0 unspecified atom stereocenters. The van der Waals surface area contributed by atoms with Gasteiger partial charge in [0.15, 0.2) is 0 Å². The van der Waals surface area contributed by atoms with Crippen molar-refractivity contribution in [1.82, 2.24) is 10.4 Å². The number of halogens is 2. The fourth-order valence-electron chi connectivity index (χ4n) is 2.17. The van der Waals surface area contributed by atoms with Crippen molar-refractivity contribution in [3.05, 3.63) is 93.7 Å². The number of ether oxygens (including phenoxy) is 1. The standard InChI is InChI=1S/C20H15Cl2N3O2/c21-16-7-6-15(18(22)11-16)13-27-17-8-4-14(5-9-17)12-24-25-20(26)19-3-1-2-10-23-19/h1-12H,13H2,(H,25,26)/b24-12-. The van der Waals surface area contributed by atoms with E-state index in [1.807, 2.05) is 30.3 Å². The first-order chi connectivity index (χ1) is 13.1. The molecule has 1 N–H and O–H groups in total. The van der Waals surface area contributed by atoms with E-state index in [-0.39, 0.29) is 5.91 Å². The number of nitrogens with one attached hydrogen (secondary N) is 1. The summed E-state index contributed by atoms with van der Waals surface area (Å²) < 4.78 is 5.72. The van der Waals surface area contributed by atoms with Gasteiger partial charge in [-0.15, -0.1) is 0 Å². The lowest BCUT2D eigenvalue weighted by molar-refractivity contribution is 0.0950. The van der Waals surface area contributed by atoms with Gasteiger partial charge in [0.2, 0.25) is 0 Å². The highest BCUT2D eigenvalue weighted by Gasteiger charge is 2.04. The molecule has 0 aliphatic carbocycles. The van der Waals surface area contributed by atoms with Crippen LogP contribution in [-0.4, -0.2) is 17.1 Å². The van der Waals surface area contributed by atoms with Gasteiger partial charge in [0.1, 0.15) is 18.1 Å². The summed E-state index contributed by atoms with van der Waals surface area (Å²) in [4.78, 5) is 15.8.